The number of carbonyl (C=O) groups is 2. The fourth-order valence-electron chi connectivity index (χ4n) is 5.07. The molecule has 9 nitrogen and oxygen atoms in total. The largest absolute Gasteiger partial charge is 0.467 e. The number of hydrazone groups is 1. The Morgan fingerprint density at radius 1 is 1.09 bits per heavy atom. The summed E-state index contributed by atoms with van der Waals surface area (Å²) in [5, 5.41) is 5.95. The highest BCUT2D eigenvalue weighted by molar-refractivity contribution is 7.90. The normalized spacial score (nSPS) is 23.9. The van der Waals surface area contributed by atoms with Gasteiger partial charge in [0.1, 0.15) is 29.0 Å². The van der Waals surface area contributed by atoms with Crippen molar-refractivity contribution in [1.82, 2.24) is 9.31 Å². The van der Waals surface area contributed by atoms with Gasteiger partial charge in [0.2, 0.25) is 0 Å². The minimum atomic E-state index is -4.12. The Kier molecular flexibility index (Phi) is 4.99. The highest BCUT2D eigenvalue weighted by Crippen LogP contribution is 2.44. The summed E-state index contributed by atoms with van der Waals surface area (Å²) in [5.41, 5.74) is 1.77. The number of rotatable bonds is 4. The van der Waals surface area contributed by atoms with Crippen molar-refractivity contribution < 1.29 is 26.8 Å². The zero-order chi connectivity index (χ0) is 24.2. The van der Waals surface area contributed by atoms with Crippen LogP contribution in [0.1, 0.15) is 47.2 Å². The van der Waals surface area contributed by atoms with Gasteiger partial charge in [-0.2, -0.15) is 5.10 Å². The van der Waals surface area contributed by atoms with Crippen molar-refractivity contribution in [3.8, 4) is 0 Å². The predicted octanol–water partition coefficient (Wildman–Crippen LogP) is 3.84. The number of nitrogens with zero attached hydrogens (tertiary/aromatic N) is 3. The van der Waals surface area contributed by atoms with Crippen LogP contribution in [0, 0.1) is 5.92 Å². The lowest BCUT2D eigenvalue weighted by Crippen LogP contribution is -2.41. The van der Waals surface area contributed by atoms with Crippen LogP contribution in [0.3, 0.4) is 0 Å². The number of amides is 2. The topological polar surface area (TPSA) is 113 Å². The van der Waals surface area contributed by atoms with Crippen molar-refractivity contribution in [2.75, 3.05) is 6.54 Å². The first-order chi connectivity index (χ1) is 16.9. The zero-order valence-electron chi connectivity index (χ0n) is 18.5. The third-order valence-corrected chi connectivity index (χ3v) is 8.43. The fourth-order valence-corrected chi connectivity index (χ4v) is 6.59. The van der Waals surface area contributed by atoms with Crippen LogP contribution in [0.4, 0.5) is 0 Å². The highest BCUT2D eigenvalue weighted by atomic mass is 32.2. The van der Waals surface area contributed by atoms with Crippen LogP contribution in [0.2, 0.25) is 0 Å². The van der Waals surface area contributed by atoms with E-state index in [0.717, 1.165) is 30.5 Å². The molecule has 0 spiro atoms. The lowest BCUT2D eigenvalue weighted by Gasteiger charge is -2.28. The third-order valence-electron chi connectivity index (χ3n) is 6.64. The zero-order valence-corrected chi connectivity index (χ0v) is 19.3. The van der Waals surface area contributed by atoms with Crippen molar-refractivity contribution in [2.45, 2.75) is 30.2 Å². The molecule has 0 bridgehead atoms. The Hall–Kier alpha value is -3.92. The van der Waals surface area contributed by atoms with Gasteiger partial charge in [-0.15, -0.1) is 0 Å². The first kappa shape index (κ1) is 21.6. The summed E-state index contributed by atoms with van der Waals surface area (Å²) in [7, 11) is -4.12. The molecule has 1 aromatic carbocycles. The lowest BCUT2D eigenvalue weighted by atomic mass is 9.79. The van der Waals surface area contributed by atoms with E-state index in [4.69, 9.17) is 8.83 Å². The monoisotopic (exact) mass is 491 g/mol. The molecule has 2 unspecified atom stereocenters. The molecular weight excluding hydrogens is 470 g/mol. The molecule has 178 valence electrons. The maximum atomic E-state index is 13.5. The highest BCUT2D eigenvalue weighted by Gasteiger charge is 2.48. The van der Waals surface area contributed by atoms with E-state index in [1.165, 1.54) is 23.4 Å². The van der Waals surface area contributed by atoms with Crippen LogP contribution in [0.5, 0.6) is 0 Å². The van der Waals surface area contributed by atoms with Gasteiger partial charge in [0.15, 0.2) is 0 Å². The molecule has 3 aromatic rings. The molecule has 1 aliphatic carbocycles. The van der Waals surface area contributed by atoms with Crippen LogP contribution in [0.15, 0.2) is 85.5 Å². The minimum absolute atomic E-state index is 0.0629. The Morgan fingerprint density at radius 2 is 1.89 bits per heavy atom. The average molecular weight is 492 g/mol. The molecule has 6 rings (SSSR count). The number of allylic oxidation sites excluding steroid dienone is 1. The molecule has 2 aromatic heterocycles. The van der Waals surface area contributed by atoms with Crippen LogP contribution >= 0.6 is 0 Å². The lowest BCUT2D eigenvalue weighted by molar-refractivity contribution is -0.133. The number of hydrogen-bond acceptors (Lipinski definition) is 7. The maximum absolute atomic E-state index is 13.5. The van der Waals surface area contributed by atoms with E-state index >= 15 is 0 Å². The summed E-state index contributed by atoms with van der Waals surface area (Å²) in [6, 6.07) is 12.6. The molecule has 0 radical (unpaired) electrons. The molecular formula is C25H21N3O6S. The SMILES string of the molecule is O=C(CN1C(=O)c2ccccc2S1(=O)=O)N1N=C2C(=Cc3ccco3)CCCC2C1c1ccco1. The van der Waals surface area contributed by atoms with E-state index in [1.54, 1.807) is 36.6 Å². The van der Waals surface area contributed by atoms with Crippen LogP contribution in [-0.4, -0.2) is 41.8 Å². The van der Waals surface area contributed by atoms with Crippen molar-refractivity contribution in [2.24, 2.45) is 11.0 Å². The maximum Gasteiger partial charge on any atom is 0.269 e. The number of fused-ring (bicyclic) bond motifs is 2. The number of carbonyl (C=O) groups excluding carboxylic acids is 2. The molecule has 35 heavy (non-hydrogen) atoms. The summed E-state index contributed by atoms with van der Waals surface area (Å²) < 4.78 is 37.8. The summed E-state index contributed by atoms with van der Waals surface area (Å²) in [6.45, 7) is -0.645. The van der Waals surface area contributed by atoms with Crippen molar-refractivity contribution in [1.29, 1.82) is 0 Å². The van der Waals surface area contributed by atoms with Crippen LogP contribution in [-0.2, 0) is 14.8 Å². The van der Waals surface area contributed by atoms with E-state index in [9.17, 15) is 18.0 Å². The number of furan rings is 2. The Bertz CT molecular complexity index is 1470. The van der Waals surface area contributed by atoms with Gasteiger partial charge in [-0.3, -0.25) is 9.59 Å². The molecule has 3 aliphatic rings. The van der Waals surface area contributed by atoms with Crippen molar-refractivity contribution in [3.05, 3.63) is 83.7 Å². The fraction of sp³-hybridized carbons (Fsp3) is 0.240. The van der Waals surface area contributed by atoms with Gasteiger partial charge in [0, 0.05) is 5.92 Å². The second kappa shape index (κ2) is 8.09. The van der Waals surface area contributed by atoms with Gasteiger partial charge in [0.25, 0.3) is 21.8 Å². The van der Waals surface area contributed by atoms with Gasteiger partial charge in [-0.25, -0.2) is 17.7 Å². The molecule has 2 aliphatic heterocycles. The molecule has 2 amide bonds. The average Bonchev–Trinajstić information content (AvgIpc) is 3.64. The van der Waals surface area contributed by atoms with E-state index in [0.29, 0.717) is 15.8 Å². The van der Waals surface area contributed by atoms with E-state index in [-0.39, 0.29) is 16.4 Å². The number of benzene rings is 1. The number of hydrogen-bond donors (Lipinski definition) is 0. The first-order valence-corrected chi connectivity index (χ1v) is 12.7. The summed E-state index contributed by atoms with van der Waals surface area (Å²) in [6.07, 6.45) is 7.50. The van der Waals surface area contributed by atoms with Gasteiger partial charge in [-0.1, -0.05) is 12.1 Å². The molecule has 0 N–H and O–H groups in total. The van der Waals surface area contributed by atoms with Gasteiger partial charge < -0.3 is 8.83 Å². The van der Waals surface area contributed by atoms with Crippen molar-refractivity contribution in [3.63, 3.8) is 0 Å². The minimum Gasteiger partial charge on any atom is -0.467 e. The first-order valence-electron chi connectivity index (χ1n) is 11.3. The molecule has 4 heterocycles. The summed E-state index contributed by atoms with van der Waals surface area (Å²) in [4.78, 5) is 26.3. The van der Waals surface area contributed by atoms with E-state index < -0.39 is 34.4 Å². The van der Waals surface area contributed by atoms with Crippen molar-refractivity contribution >= 4 is 33.6 Å². The van der Waals surface area contributed by atoms with Crippen LogP contribution < -0.4 is 0 Å². The van der Waals surface area contributed by atoms with Gasteiger partial charge >= 0.3 is 0 Å². The molecule has 1 fully saturated rings. The molecule has 1 saturated carbocycles. The summed E-state index contributed by atoms with van der Waals surface area (Å²) in [5.74, 6) is -0.195. The van der Waals surface area contributed by atoms with Gasteiger partial charge in [-0.05, 0) is 67.3 Å². The molecule has 10 heteroatoms. The Balaban J connectivity index is 1.36. The second-order valence-electron chi connectivity index (χ2n) is 8.68. The molecule has 2 atom stereocenters. The Labute approximate surface area is 201 Å². The second-order valence-corrected chi connectivity index (χ2v) is 10.5. The van der Waals surface area contributed by atoms with E-state index in [1.807, 2.05) is 12.1 Å². The summed E-state index contributed by atoms with van der Waals surface area (Å²) >= 11 is 0. The Morgan fingerprint density at radius 3 is 2.63 bits per heavy atom. The molecule has 0 saturated heterocycles. The third kappa shape index (κ3) is 3.44. The standard InChI is InChI=1S/C25H21N3O6S/c29-22(15-27-25(30)18-8-1-2-11-21(18)35(27,31)32)28-24(20-10-5-13-34-20)19-9-3-6-16(23(19)26-28)14-17-7-4-12-33-17/h1-2,4-5,7-8,10-14,19,24H,3,6,9,15H2. The van der Waals surface area contributed by atoms with Crippen LogP contribution in [0.25, 0.3) is 6.08 Å². The van der Waals surface area contributed by atoms with E-state index in [2.05, 4.69) is 5.10 Å². The quantitative estimate of drug-likeness (QED) is 0.548. The predicted molar refractivity (Wildman–Crippen MR) is 124 cm³/mol. The number of sulfonamides is 1. The smallest absolute Gasteiger partial charge is 0.269 e. The van der Waals surface area contributed by atoms with Gasteiger partial charge in [0.05, 0.1) is 23.8 Å².